The smallest absolute Gasteiger partial charge is 0.257 e. The molecule has 0 aliphatic heterocycles. The van der Waals surface area contributed by atoms with E-state index in [1.807, 2.05) is 68.4 Å². The summed E-state index contributed by atoms with van der Waals surface area (Å²) in [5.41, 5.74) is 6.36. The average molecular weight is 419 g/mol. The third-order valence-corrected chi connectivity index (χ3v) is 4.31. The third kappa shape index (κ3) is 4.79. The van der Waals surface area contributed by atoms with Crippen LogP contribution in [-0.2, 0) is 0 Å². The lowest BCUT2D eigenvalue weighted by atomic mass is 10.2. The van der Waals surface area contributed by atoms with Crippen molar-refractivity contribution in [1.29, 1.82) is 0 Å². The second kappa shape index (κ2) is 8.71. The lowest BCUT2D eigenvalue weighted by molar-refractivity contribution is 0.767. The molecule has 2 aromatic carbocycles. The van der Waals surface area contributed by atoms with Crippen LogP contribution in [0.4, 0.5) is 17.6 Å². The number of aryl methyl sites for hydroxylation is 2. The van der Waals surface area contributed by atoms with Gasteiger partial charge in [-0.05, 0) is 49.7 Å². The molecular formula is C21H19ClN8. The number of hydrogen-bond acceptors (Lipinski definition) is 7. The predicted molar refractivity (Wildman–Crippen MR) is 119 cm³/mol. The first-order valence-corrected chi connectivity index (χ1v) is 9.61. The summed E-state index contributed by atoms with van der Waals surface area (Å²) < 4.78 is 1.67. The van der Waals surface area contributed by atoms with Crippen LogP contribution in [0.5, 0.6) is 0 Å². The van der Waals surface area contributed by atoms with E-state index in [0.29, 0.717) is 16.9 Å². The van der Waals surface area contributed by atoms with Gasteiger partial charge in [0.05, 0.1) is 11.9 Å². The molecule has 150 valence electrons. The van der Waals surface area contributed by atoms with Gasteiger partial charge >= 0.3 is 0 Å². The molecule has 0 unspecified atom stereocenters. The van der Waals surface area contributed by atoms with Crippen LogP contribution in [0.15, 0.2) is 65.8 Å². The van der Waals surface area contributed by atoms with Gasteiger partial charge in [-0.1, -0.05) is 41.9 Å². The van der Waals surface area contributed by atoms with Crippen LogP contribution in [0, 0.1) is 13.8 Å². The molecule has 4 aromatic rings. The van der Waals surface area contributed by atoms with Gasteiger partial charge in [0.2, 0.25) is 11.9 Å². The van der Waals surface area contributed by atoms with Crippen molar-refractivity contribution < 1.29 is 0 Å². The average Bonchev–Trinajstić information content (AvgIpc) is 3.07. The van der Waals surface area contributed by atoms with Crippen LogP contribution in [-0.4, -0.2) is 30.9 Å². The van der Waals surface area contributed by atoms with Crippen molar-refractivity contribution in [2.45, 2.75) is 13.8 Å². The molecule has 8 nitrogen and oxygen atoms in total. The molecule has 0 saturated heterocycles. The Morgan fingerprint density at radius 3 is 2.47 bits per heavy atom. The van der Waals surface area contributed by atoms with Crippen molar-refractivity contribution in [3.63, 3.8) is 0 Å². The van der Waals surface area contributed by atoms with Crippen molar-refractivity contribution in [3.8, 4) is 5.95 Å². The van der Waals surface area contributed by atoms with Gasteiger partial charge in [0.1, 0.15) is 0 Å². The molecule has 2 N–H and O–H groups in total. The zero-order valence-corrected chi connectivity index (χ0v) is 17.2. The largest absolute Gasteiger partial charge is 0.324 e. The summed E-state index contributed by atoms with van der Waals surface area (Å²) in [7, 11) is 0. The molecule has 0 spiro atoms. The highest BCUT2D eigenvalue weighted by Crippen LogP contribution is 2.16. The van der Waals surface area contributed by atoms with Crippen LogP contribution >= 0.6 is 11.6 Å². The molecule has 0 aliphatic carbocycles. The van der Waals surface area contributed by atoms with Gasteiger partial charge in [0.25, 0.3) is 5.95 Å². The summed E-state index contributed by atoms with van der Waals surface area (Å²) in [6, 6.07) is 19.0. The lowest BCUT2D eigenvalue weighted by Gasteiger charge is -2.09. The molecule has 0 fully saturated rings. The molecule has 0 aliphatic rings. The molecular weight excluding hydrogens is 400 g/mol. The molecule has 0 atom stereocenters. The summed E-state index contributed by atoms with van der Waals surface area (Å²) >= 11 is 6.01. The quantitative estimate of drug-likeness (QED) is 0.353. The number of aromatic nitrogens is 5. The van der Waals surface area contributed by atoms with E-state index < -0.39 is 0 Å². The molecule has 0 amide bonds. The first-order chi connectivity index (χ1) is 14.6. The first-order valence-electron chi connectivity index (χ1n) is 9.23. The molecule has 0 radical (unpaired) electrons. The van der Waals surface area contributed by atoms with E-state index in [1.54, 1.807) is 17.0 Å². The minimum atomic E-state index is 0.282. The van der Waals surface area contributed by atoms with Crippen molar-refractivity contribution in [3.05, 3.63) is 82.6 Å². The van der Waals surface area contributed by atoms with Gasteiger partial charge in [0, 0.05) is 16.4 Å². The third-order valence-electron chi connectivity index (χ3n) is 4.08. The lowest BCUT2D eigenvalue weighted by Crippen LogP contribution is -2.11. The monoisotopic (exact) mass is 418 g/mol. The van der Waals surface area contributed by atoms with Crippen LogP contribution in [0.25, 0.3) is 5.95 Å². The Morgan fingerprint density at radius 1 is 0.933 bits per heavy atom. The SMILES string of the molecule is Cc1cc(C)n(-c2nc(N/N=C\c3cccc(Cl)c3)nc(Nc3ccccc3)n2)n1. The molecule has 30 heavy (non-hydrogen) atoms. The molecule has 4 rings (SSSR count). The second-order valence-corrected chi connectivity index (χ2v) is 6.97. The van der Waals surface area contributed by atoms with Crippen molar-refractivity contribution in [1.82, 2.24) is 24.7 Å². The van der Waals surface area contributed by atoms with Gasteiger partial charge < -0.3 is 5.32 Å². The van der Waals surface area contributed by atoms with Gasteiger partial charge in [-0.3, -0.25) is 0 Å². The second-order valence-electron chi connectivity index (χ2n) is 6.54. The number of nitrogens with zero attached hydrogens (tertiary/aromatic N) is 6. The van der Waals surface area contributed by atoms with Gasteiger partial charge in [0.15, 0.2) is 0 Å². The Morgan fingerprint density at radius 2 is 1.73 bits per heavy atom. The Balaban J connectivity index is 1.65. The maximum Gasteiger partial charge on any atom is 0.257 e. The molecule has 0 bridgehead atoms. The van der Waals surface area contributed by atoms with Crippen LogP contribution < -0.4 is 10.7 Å². The highest BCUT2D eigenvalue weighted by molar-refractivity contribution is 6.30. The molecule has 2 aromatic heterocycles. The number of rotatable bonds is 6. The summed E-state index contributed by atoms with van der Waals surface area (Å²) in [4.78, 5) is 13.4. The number of hydrazone groups is 1. The number of halogens is 1. The van der Waals surface area contributed by atoms with E-state index in [9.17, 15) is 0 Å². The summed E-state index contributed by atoms with van der Waals surface area (Å²) in [5, 5.41) is 12.5. The van der Waals surface area contributed by atoms with E-state index in [2.05, 4.69) is 35.9 Å². The number of para-hydroxylation sites is 1. The topological polar surface area (TPSA) is 92.9 Å². The fourth-order valence-corrected chi connectivity index (χ4v) is 3.00. The minimum Gasteiger partial charge on any atom is -0.324 e. The maximum absolute atomic E-state index is 6.01. The van der Waals surface area contributed by atoms with E-state index in [1.165, 1.54) is 0 Å². The fraction of sp³-hybridized carbons (Fsp3) is 0.0952. The summed E-state index contributed by atoms with van der Waals surface area (Å²) in [5.74, 6) is 1.04. The van der Waals surface area contributed by atoms with Crippen molar-refractivity contribution >= 4 is 35.4 Å². The number of hydrogen-bond donors (Lipinski definition) is 2. The normalized spacial score (nSPS) is 11.0. The van der Waals surface area contributed by atoms with Gasteiger partial charge in [-0.2, -0.15) is 25.2 Å². The predicted octanol–water partition coefficient (Wildman–Crippen LogP) is 4.52. The number of benzene rings is 2. The Bertz CT molecular complexity index is 1190. The van der Waals surface area contributed by atoms with Gasteiger partial charge in [-0.25, -0.2) is 10.1 Å². The zero-order valence-electron chi connectivity index (χ0n) is 16.4. The van der Waals surface area contributed by atoms with E-state index in [4.69, 9.17) is 11.6 Å². The summed E-state index contributed by atoms with van der Waals surface area (Å²) in [6.45, 7) is 3.86. The van der Waals surface area contributed by atoms with E-state index in [0.717, 1.165) is 22.6 Å². The van der Waals surface area contributed by atoms with E-state index in [-0.39, 0.29) is 5.95 Å². The Kier molecular flexibility index (Phi) is 5.67. The zero-order chi connectivity index (χ0) is 20.9. The van der Waals surface area contributed by atoms with Gasteiger partial charge in [-0.15, -0.1) is 0 Å². The standard InChI is InChI=1S/C21H19ClN8/c1-14-11-15(2)30(29-14)21-26-19(24-18-9-4-3-5-10-18)25-20(27-21)28-23-13-16-7-6-8-17(22)12-16/h3-13H,1-2H3,(H2,24,25,26,27,28)/b23-13-. The maximum atomic E-state index is 6.01. The van der Waals surface area contributed by atoms with Crippen LogP contribution in [0.2, 0.25) is 5.02 Å². The van der Waals surface area contributed by atoms with Crippen molar-refractivity contribution in [2.24, 2.45) is 5.10 Å². The first kappa shape index (κ1) is 19.5. The Labute approximate surface area is 178 Å². The Hall–Kier alpha value is -3.78. The molecule has 2 heterocycles. The fourth-order valence-electron chi connectivity index (χ4n) is 2.80. The minimum absolute atomic E-state index is 0.282. The van der Waals surface area contributed by atoms with E-state index >= 15 is 0 Å². The highest BCUT2D eigenvalue weighted by atomic mass is 35.5. The summed E-state index contributed by atoms with van der Waals surface area (Å²) in [6.07, 6.45) is 1.64. The highest BCUT2D eigenvalue weighted by Gasteiger charge is 2.12. The number of nitrogens with one attached hydrogen (secondary N) is 2. The van der Waals surface area contributed by atoms with Crippen LogP contribution in [0.1, 0.15) is 17.0 Å². The van der Waals surface area contributed by atoms with Crippen molar-refractivity contribution in [2.75, 3.05) is 10.7 Å². The molecule has 0 saturated carbocycles. The number of anilines is 3. The van der Waals surface area contributed by atoms with Crippen LogP contribution in [0.3, 0.4) is 0 Å². The molecule has 9 heteroatoms.